The van der Waals surface area contributed by atoms with Gasteiger partial charge in [0, 0.05) is 17.3 Å². The molecule has 0 bridgehead atoms. The molecule has 0 unspecified atom stereocenters. The van der Waals surface area contributed by atoms with Gasteiger partial charge in [0.1, 0.15) is 12.4 Å². The van der Waals surface area contributed by atoms with Crippen LogP contribution < -0.4 is 4.74 Å². The van der Waals surface area contributed by atoms with Gasteiger partial charge in [-0.1, -0.05) is 36.4 Å². The van der Waals surface area contributed by atoms with Gasteiger partial charge in [-0.2, -0.15) is 0 Å². The van der Waals surface area contributed by atoms with E-state index in [0.717, 1.165) is 39.8 Å². The van der Waals surface area contributed by atoms with E-state index in [4.69, 9.17) is 4.74 Å². The Labute approximate surface area is 158 Å². The summed E-state index contributed by atoms with van der Waals surface area (Å²) in [6.45, 7) is 4.62. The third-order valence-electron chi connectivity index (χ3n) is 4.80. The number of aldehydes is 1. The van der Waals surface area contributed by atoms with Crippen LogP contribution in [0.1, 0.15) is 27.2 Å². The van der Waals surface area contributed by atoms with Crippen molar-refractivity contribution < 1.29 is 9.53 Å². The second kappa shape index (κ2) is 7.12. The van der Waals surface area contributed by atoms with Gasteiger partial charge < -0.3 is 9.14 Å². The molecule has 0 atom stereocenters. The molecule has 0 aliphatic carbocycles. The van der Waals surface area contributed by atoms with E-state index < -0.39 is 0 Å². The molecule has 27 heavy (non-hydrogen) atoms. The molecule has 3 nitrogen and oxygen atoms in total. The van der Waals surface area contributed by atoms with Gasteiger partial charge >= 0.3 is 0 Å². The minimum absolute atomic E-state index is 0.538. The SMILES string of the molecule is Cc1ccn2c(C=O)c(-c3ccc(OCc4ccccc4)c(C)c3)cc2c1. The predicted molar refractivity (Wildman–Crippen MR) is 108 cm³/mol. The van der Waals surface area contributed by atoms with Gasteiger partial charge in [-0.3, -0.25) is 4.79 Å². The van der Waals surface area contributed by atoms with E-state index in [2.05, 4.69) is 37.3 Å². The van der Waals surface area contributed by atoms with Crippen molar-refractivity contribution in [2.75, 3.05) is 0 Å². The van der Waals surface area contributed by atoms with E-state index >= 15 is 0 Å². The minimum Gasteiger partial charge on any atom is -0.489 e. The molecule has 0 saturated carbocycles. The Balaban J connectivity index is 1.66. The summed E-state index contributed by atoms with van der Waals surface area (Å²) < 4.78 is 7.91. The van der Waals surface area contributed by atoms with Crippen molar-refractivity contribution in [2.24, 2.45) is 0 Å². The molecule has 0 radical (unpaired) electrons. The maximum atomic E-state index is 11.7. The second-order valence-electron chi connectivity index (χ2n) is 6.81. The monoisotopic (exact) mass is 355 g/mol. The Morgan fingerprint density at radius 3 is 2.52 bits per heavy atom. The van der Waals surface area contributed by atoms with E-state index in [9.17, 15) is 4.79 Å². The Morgan fingerprint density at radius 2 is 1.78 bits per heavy atom. The second-order valence-corrected chi connectivity index (χ2v) is 6.81. The lowest BCUT2D eigenvalue weighted by molar-refractivity contribution is 0.111. The molecule has 2 heterocycles. The average molecular weight is 355 g/mol. The fourth-order valence-corrected chi connectivity index (χ4v) is 3.38. The van der Waals surface area contributed by atoms with Gasteiger partial charge in [0.15, 0.2) is 6.29 Å². The van der Waals surface area contributed by atoms with Crippen LogP contribution in [0.3, 0.4) is 0 Å². The third kappa shape index (κ3) is 3.36. The highest BCUT2D eigenvalue weighted by Crippen LogP contribution is 2.31. The van der Waals surface area contributed by atoms with Crippen molar-refractivity contribution >= 4 is 11.8 Å². The first-order valence-corrected chi connectivity index (χ1v) is 9.00. The van der Waals surface area contributed by atoms with Crippen LogP contribution in [-0.2, 0) is 6.61 Å². The molecular formula is C24H21NO2. The van der Waals surface area contributed by atoms with Gasteiger partial charge in [0.05, 0.1) is 5.69 Å². The quantitative estimate of drug-likeness (QED) is 0.435. The largest absolute Gasteiger partial charge is 0.489 e. The Morgan fingerprint density at radius 1 is 0.963 bits per heavy atom. The van der Waals surface area contributed by atoms with Crippen molar-refractivity contribution in [1.29, 1.82) is 0 Å². The standard InChI is InChI=1S/C24H21NO2/c1-17-10-11-25-21(12-17)14-22(23(25)15-26)20-8-9-24(18(2)13-20)27-16-19-6-4-3-5-7-19/h3-15H,16H2,1-2H3. The fraction of sp³-hybridized carbons (Fsp3) is 0.125. The summed E-state index contributed by atoms with van der Waals surface area (Å²) in [5.41, 5.74) is 7.00. The summed E-state index contributed by atoms with van der Waals surface area (Å²) in [7, 11) is 0. The first kappa shape index (κ1) is 17.1. The van der Waals surface area contributed by atoms with Gasteiger partial charge in [0.2, 0.25) is 0 Å². The number of rotatable bonds is 5. The van der Waals surface area contributed by atoms with E-state index in [1.165, 1.54) is 5.56 Å². The van der Waals surface area contributed by atoms with Crippen LogP contribution in [0.5, 0.6) is 5.75 Å². The van der Waals surface area contributed by atoms with Crippen molar-refractivity contribution in [3.05, 3.63) is 95.3 Å². The van der Waals surface area contributed by atoms with E-state index in [1.807, 2.05) is 53.9 Å². The Hall–Kier alpha value is -3.33. The number of hydrogen-bond acceptors (Lipinski definition) is 2. The summed E-state index contributed by atoms with van der Waals surface area (Å²) in [6.07, 6.45) is 2.87. The van der Waals surface area contributed by atoms with Crippen LogP contribution in [0.4, 0.5) is 0 Å². The highest BCUT2D eigenvalue weighted by atomic mass is 16.5. The van der Waals surface area contributed by atoms with Gasteiger partial charge in [-0.15, -0.1) is 0 Å². The zero-order valence-electron chi connectivity index (χ0n) is 15.5. The molecule has 0 amide bonds. The van der Waals surface area contributed by atoms with Crippen molar-refractivity contribution in [2.45, 2.75) is 20.5 Å². The topological polar surface area (TPSA) is 30.7 Å². The number of aryl methyl sites for hydroxylation is 2. The van der Waals surface area contributed by atoms with Gasteiger partial charge in [-0.05, 0) is 66.4 Å². The molecule has 0 saturated heterocycles. The summed E-state index contributed by atoms with van der Waals surface area (Å²) in [5.74, 6) is 0.856. The molecule has 0 aliphatic rings. The molecule has 0 aliphatic heterocycles. The van der Waals surface area contributed by atoms with Crippen LogP contribution in [-0.4, -0.2) is 10.7 Å². The van der Waals surface area contributed by atoms with Crippen molar-refractivity contribution in [3.63, 3.8) is 0 Å². The fourth-order valence-electron chi connectivity index (χ4n) is 3.38. The molecule has 2 aromatic heterocycles. The zero-order chi connectivity index (χ0) is 18.8. The number of carbonyl (C=O) groups is 1. The normalized spacial score (nSPS) is 10.9. The van der Waals surface area contributed by atoms with Gasteiger partial charge in [-0.25, -0.2) is 0 Å². The van der Waals surface area contributed by atoms with Crippen LogP contribution in [0.25, 0.3) is 16.6 Å². The zero-order valence-corrected chi connectivity index (χ0v) is 15.5. The van der Waals surface area contributed by atoms with E-state index in [1.54, 1.807) is 0 Å². The maximum Gasteiger partial charge on any atom is 0.167 e. The molecular weight excluding hydrogens is 334 g/mol. The maximum absolute atomic E-state index is 11.7. The number of pyridine rings is 1. The summed E-state index contributed by atoms with van der Waals surface area (Å²) in [4.78, 5) is 11.7. The number of ether oxygens (including phenoxy) is 1. The van der Waals surface area contributed by atoms with E-state index in [-0.39, 0.29) is 0 Å². The molecule has 4 aromatic rings. The summed E-state index contributed by atoms with van der Waals surface area (Å²) in [6, 6.07) is 22.4. The molecule has 0 N–H and O–H groups in total. The molecule has 3 heteroatoms. The molecule has 0 spiro atoms. The lowest BCUT2D eigenvalue weighted by Crippen LogP contribution is -1.97. The molecule has 134 valence electrons. The lowest BCUT2D eigenvalue weighted by Gasteiger charge is -2.11. The number of nitrogens with zero attached hydrogens (tertiary/aromatic N) is 1. The first-order chi connectivity index (χ1) is 13.2. The van der Waals surface area contributed by atoms with Crippen LogP contribution in [0.15, 0.2) is 72.9 Å². The van der Waals surface area contributed by atoms with Crippen molar-refractivity contribution in [1.82, 2.24) is 4.40 Å². The Kier molecular flexibility index (Phi) is 4.51. The number of fused-ring (bicyclic) bond motifs is 1. The van der Waals surface area contributed by atoms with Crippen LogP contribution in [0.2, 0.25) is 0 Å². The predicted octanol–water partition coefficient (Wildman–Crippen LogP) is 5.61. The number of carbonyl (C=O) groups excluding carboxylic acids is 1. The number of hydrogen-bond donors (Lipinski definition) is 0. The third-order valence-corrected chi connectivity index (χ3v) is 4.80. The highest BCUT2D eigenvalue weighted by molar-refractivity contribution is 5.90. The summed E-state index contributed by atoms with van der Waals surface area (Å²) >= 11 is 0. The van der Waals surface area contributed by atoms with E-state index in [0.29, 0.717) is 12.3 Å². The number of benzene rings is 2. The average Bonchev–Trinajstić information content (AvgIpc) is 3.05. The Bertz CT molecular complexity index is 1110. The molecule has 4 rings (SSSR count). The smallest absolute Gasteiger partial charge is 0.167 e. The molecule has 0 fully saturated rings. The van der Waals surface area contributed by atoms with Crippen LogP contribution >= 0.6 is 0 Å². The van der Waals surface area contributed by atoms with Crippen molar-refractivity contribution in [3.8, 4) is 16.9 Å². The molecule has 2 aromatic carbocycles. The van der Waals surface area contributed by atoms with Crippen LogP contribution in [0, 0.1) is 13.8 Å². The highest BCUT2D eigenvalue weighted by Gasteiger charge is 2.13. The first-order valence-electron chi connectivity index (χ1n) is 9.00. The lowest BCUT2D eigenvalue weighted by atomic mass is 10.0. The minimum atomic E-state index is 0.538. The number of aromatic nitrogens is 1. The van der Waals surface area contributed by atoms with Gasteiger partial charge in [0.25, 0.3) is 0 Å². The summed E-state index contributed by atoms with van der Waals surface area (Å²) in [5, 5.41) is 0.